The highest BCUT2D eigenvalue weighted by Gasteiger charge is 2.32. The van der Waals surface area contributed by atoms with E-state index in [0.29, 0.717) is 27.9 Å². The molecule has 19 heavy (non-hydrogen) atoms. The molecule has 0 unspecified atom stereocenters. The number of anilines is 1. The predicted molar refractivity (Wildman–Crippen MR) is 76.6 cm³/mol. The van der Waals surface area contributed by atoms with Crippen LogP contribution < -0.4 is 5.73 Å². The van der Waals surface area contributed by atoms with Gasteiger partial charge in [-0.3, -0.25) is 9.59 Å². The number of carbonyl (C=O) groups excluding carboxylic acids is 2. The first-order valence-corrected chi connectivity index (χ1v) is 6.58. The third-order valence-electron chi connectivity index (χ3n) is 3.46. The van der Waals surface area contributed by atoms with Gasteiger partial charge in [0.25, 0.3) is 0 Å². The molecule has 0 saturated carbocycles. The summed E-state index contributed by atoms with van der Waals surface area (Å²) in [4.78, 5) is 24.9. The molecule has 1 aliphatic carbocycles. The molecule has 2 aromatic rings. The van der Waals surface area contributed by atoms with Gasteiger partial charge in [-0.05, 0) is 18.6 Å². The van der Waals surface area contributed by atoms with Crippen molar-refractivity contribution in [3.8, 4) is 0 Å². The van der Waals surface area contributed by atoms with Crippen LogP contribution in [0.4, 0.5) is 5.69 Å². The lowest BCUT2D eigenvalue weighted by Crippen LogP contribution is -2.22. The van der Waals surface area contributed by atoms with Crippen molar-refractivity contribution in [2.75, 3.05) is 5.73 Å². The molecule has 1 aliphatic rings. The van der Waals surface area contributed by atoms with Gasteiger partial charge in [-0.1, -0.05) is 40.2 Å². The summed E-state index contributed by atoms with van der Waals surface area (Å²) in [5, 5.41) is 0. The molecule has 0 spiro atoms. The van der Waals surface area contributed by atoms with Crippen molar-refractivity contribution in [1.29, 1.82) is 0 Å². The topological polar surface area (TPSA) is 60.2 Å². The SMILES string of the molecule is Cc1c(Br)cc2c(c1N)C(=O)c1ccccc1C2=O. The van der Waals surface area contributed by atoms with Crippen molar-refractivity contribution >= 4 is 33.2 Å². The van der Waals surface area contributed by atoms with E-state index < -0.39 is 0 Å². The Balaban J connectivity index is 2.40. The number of benzene rings is 2. The molecule has 3 rings (SSSR count). The van der Waals surface area contributed by atoms with Crippen LogP contribution in [0, 0.1) is 6.92 Å². The highest BCUT2D eigenvalue weighted by Crippen LogP contribution is 2.35. The summed E-state index contributed by atoms with van der Waals surface area (Å²) in [7, 11) is 0. The third kappa shape index (κ3) is 1.56. The quantitative estimate of drug-likeness (QED) is 0.648. The maximum absolute atomic E-state index is 12.5. The fraction of sp³-hybridized carbons (Fsp3) is 0.0667. The van der Waals surface area contributed by atoms with Crippen molar-refractivity contribution in [2.45, 2.75) is 6.92 Å². The van der Waals surface area contributed by atoms with Crippen LogP contribution in [0.25, 0.3) is 0 Å². The lowest BCUT2D eigenvalue weighted by molar-refractivity contribution is 0.0979. The van der Waals surface area contributed by atoms with Crippen LogP contribution in [-0.2, 0) is 0 Å². The molecule has 94 valence electrons. The third-order valence-corrected chi connectivity index (χ3v) is 4.28. The van der Waals surface area contributed by atoms with E-state index in [1.807, 2.05) is 6.92 Å². The van der Waals surface area contributed by atoms with Gasteiger partial charge in [-0.15, -0.1) is 0 Å². The summed E-state index contributed by atoms with van der Waals surface area (Å²) < 4.78 is 0.740. The van der Waals surface area contributed by atoms with Crippen LogP contribution >= 0.6 is 15.9 Å². The molecule has 3 nitrogen and oxygen atoms in total. The van der Waals surface area contributed by atoms with E-state index in [1.165, 1.54) is 0 Å². The lowest BCUT2D eigenvalue weighted by atomic mass is 9.82. The zero-order valence-corrected chi connectivity index (χ0v) is 11.7. The number of nitrogens with two attached hydrogens (primary N) is 1. The predicted octanol–water partition coefficient (Wildman–Crippen LogP) is 3.12. The summed E-state index contributed by atoms with van der Waals surface area (Å²) in [6.45, 7) is 1.82. The largest absolute Gasteiger partial charge is 0.398 e. The number of hydrogen-bond acceptors (Lipinski definition) is 3. The van der Waals surface area contributed by atoms with Gasteiger partial charge in [0.2, 0.25) is 0 Å². The van der Waals surface area contributed by atoms with Gasteiger partial charge in [0.15, 0.2) is 11.6 Å². The minimum Gasteiger partial charge on any atom is -0.398 e. The summed E-state index contributed by atoms with van der Waals surface area (Å²) in [6, 6.07) is 8.51. The molecule has 0 bridgehead atoms. The highest BCUT2D eigenvalue weighted by molar-refractivity contribution is 9.10. The monoisotopic (exact) mass is 315 g/mol. The van der Waals surface area contributed by atoms with Crippen LogP contribution in [0.5, 0.6) is 0 Å². The number of fused-ring (bicyclic) bond motifs is 2. The van der Waals surface area contributed by atoms with E-state index in [0.717, 1.165) is 10.0 Å². The molecule has 0 amide bonds. The van der Waals surface area contributed by atoms with E-state index in [-0.39, 0.29) is 11.6 Å². The molecule has 0 atom stereocenters. The number of halogens is 1. The number of rotatable bonds is 0. The Morgan fingerprint density at radius 3 is 2.21 bits per heavy atom. The van der Waals surface area contributed by atoms with Gasteiger partial charge < -0.3 is 5.73 Å². The second kappa shape index (κ2) is 4.03. The van der Waals surface area contributed by atoms with Crippen LogP contribution in [0.3, 0.4) is 0 Å². The van der Waals surface area contributed by atoms with Crippen molar-refractivity contribution < 1.29 is 9.59 Å². The van der Waals surface area contributed by atoms with Gasteiger partial charge >= 0.3 is 0 Å². The van der Waals surface area contributed by atoms with Crippen LogP contribution in [0.2, 0.25) is 0 Å². The fourth-order valence-corrected chi connectivity index (χ4v) is 2.79. The molecule has 0 saturated heterocycles. The van der Waals surface area contributed by atoms with Crippen molar-refractivity contribution in [2.24, 2.45) is 0 Å². The minimum absolute atomic E-state index is 0.155. The summed E-state index contributed by atoms with van der Waals surface area (Å²) in [5.74, 6) is -0.337. The van der Waals surface area contributed by atoms with Gasteiger partial charge in [-0.25, -0.2) is 0 Å². The lowest BCUT2D eigenvalue weighted by Gasteiger charge is -2.20. The van der Waals surface area contributed by atoms with Gasteiger partial charge in [0.1, 0.15) is 0 Å². The Morgan fingerprint density at radius 1 is 1.00 bits per heavy atom. The average molecular weight is 316 g/mol. The van der Waals surface area contributed by atoms with Gasteiger partial charge in [0, 0.05) is 26.9 Å². The standard InChI is InChI=1S/C15H10BrNO2/c1-7-11(16)6-10-12(13(7)17)15(19)9-5-3-2-4-8(9)14(10)18/h2-6H,17H2,1H3. The molecule has 0 aromatic heterocycles. The number of nitrogen functional groups attached to an aromatic ring is 1. The Bertz CT molecular complexity index is 750. The zero-order chi connectivity index (χ0) is 13.7. The molecule has 0 heterocycles. The fourth-order valence-electron chi connectivity index (χ4n) is 2.35. The van der Waals surface area contributed by atoms with Crippen LogP contribution in [-0.4, -0.2) is 11.6 Å². The Kier molecular flexibility index (Phi) is 2.57. The van der Waals surface area contributed by atoms with Gasteiger partial charge in [-0.2, -0.15) is 0 Å². The molecule has 0 fully saturated rings. The maximum Gasteiger partial charge on any atom is 0.196 e. The molecule has 4 heteroatoms. The summed E-state index contributed by atoms with van der Waals surface area (Å²) >= 11 is 3.37. The van der Waals surface area contributed by atoms with Crippen LogP contribution in [0.15, 0.2) is 34.8 Å². The van der Waals surface area contributed by atoms with E-state index in [2.05, 4.69) is 15.9 Å². The second-order valence-corrected chi connectivity index (χ2v) is 5.38. The molecule has 2 N–H and O–H groups in total. The van der Waals surface area contributed by atoms with Crippen LogP contribution in [0.1, 0.15) is 37.4 Å². The van der Waals surface area contributed by atoms with E-state index >= 15 is 0 Å². The summed E-state index contributed by atoms with van der Waals surface area (Å²) in [5.41, 5.74) is 8.72. The van der Waals surface area contributed by atoms with Crippen molar-refractivity contribution in [3.63, 3.8) is 0 Å². The minimum atomic E-state index is -0.182. The molecule has 0 radical (unpaired) electrons. The first-order valence-electron chi connectivity index (χ1n) is 5.79. The molecule has 0 aliphatic heterocycles. The normalized spacial score (nSPS) is 13.2. The summed E-state index contributed by atoms with van der Waals surface area (Å²) in [6.07, 6.45) is 0. The number of hydrogen-bond donors (Lipinski definition) is 1. The Labute approximate surface area is 118 Å². The van der Waals surface area contributed by atoms with E-state index in [1.54, 1.807) is 30.3 Å². The highest BCUT2D eigenvalue weighted by atomic mass is 79.9. The van der Waals surface area contributed by atoms with E-state index in [4.69, 9.17) is 5.73 Å². The first kappa shape index (κ1) is 12.1. The smallest absolute Gasteiger partial charge is 0.196 e. The molecular weight excluding hydrogens is 306 g/mol. The average Bonchev–Trinajstić information content (AvgIpc) is 2.42. The first-order chi connectivity index (χ1) is 9.02. The van der Waals surface area contributed by atoms with Crippen molar-refractivity contribution in [1.82, 2.24) is 0 Å². The second-order valence-electron chi connectivity index (χ2n) is 4.52. The molecular formula is C15H10BrNO2. The van der Waals surface area contributed by atoms with E-state index in [9.17, 15) is 9.59 Å². The Morgan fingerprint density at radius 2 is 1.58 bits per heavy atom. The van der Waals surface area contributed by atoms with Crippen molar-refractivity contribution in [3.05, 3.63) is 62.6 Å². The number of ketones is 2. The van der Waals surface area contributed by atoms with Gasteiger partial charge in [0.05, 0.1) is 5.56 Å². The number of carbonyl (C=O) groups is 2. The molecule has 2 aromatic carbocycles. The maximum atomic E-state index is 12.5. The Hall–Kier alpha value is -1.94. The zero-order valence-electron chi connectivity index (χ0n) is 10.2.